The molecule has 2 N–H and O–H groups in total. The molecule has 0 aromatic carbocycles. The summed E-state index contributed by atoms with van der Waals surface area (Å²) in [5, 5.41) is 20.2. The molecule has 0 radical (unpaired) electrons. The van der Waals surface area contributed by atoms with E-state index in [0.29, 0.717) is 0 Å². The molecule has 0 saturated carbocycles. The van der Waals surface area contributed by atoms with Crippen LogP contribution in [0.5, 0.6) is 0 Å². The Morgan fingerprint density at radius 2 is 2.00 bits per heavy atom. The number of aliphatic hydroxyl groups is 2. The van der Waals surface area contributed by atoms with Gasteiger partial charge in [0.15, 0.2) is 17.0 Å². The molecule has 1 fully saturated rings. The van der Waals surface area contributed by atoms with Crippen molar-refractivity contribution in [2.24, 2.45) is 0 Å². The monoisotopic (exact) mass is 368 g/mol. The van der Waals surface area contributed by atoms with Crippen LogP contribution in [0, 0.1) is 0 Å². The van der Waals surface area contributed by atoms with Crippen molar-refractivity contribution in [3.8, 4) is 0 Å². The van der Waals surface area contributed by atoms with Crippen molar-refractivity contribution in [2.75, 3.05) is 13.2 Å². The highest BCUT2D eigenvalue weighted by atomic mass is 35.5. The third-order valence-electron chi connectivity index (χ3n) is 3.47. The van der Waals surface area contributed by atoms with Crippen molar-refractivity contribution >= 4 is 22.8 Å². The number of imidazole rings is 1. The molecule has 2 aromatic heterocycles. The van der Waals surface area contributed by atoms with Gasteiger partial charge in [0.2, 0.25) is 0 Å². The first-order valence-electron chi connectivity index (χ1n) is 6.77. The Morgan fingerprint density at radius 3 is 2.71 bits per heavy atom. The fraction of sp³-hybridized carbons (Fsp3) is 0.583. The lowest BCUT2D eigenvalue weighted by Gasteiger charge is -2.16. The summed E-state index contributed by atoms with van der Waals surface area (Å²) in [6.07, 6.45) is -7.10. The molecule has 0 amide bonds. The molecular weight excluding hydrogens is 357 g/mol. The van der Waals surface area contributed by atoms with Crippen LogP contribution < -0.4 is 0 Å². The summed E-state index contributed by atoms with van der Waals surface area (Å²) in [5.74, 6) is 0. The van der Waals surface area contributed by atoms with Crippen LogP contribution in [0.2, 0.25) is 5.15 Å². The number of ether oxygens (including phenoxy) is 2. The van der Waals surface area contributed by atoms with Gasteiger partial charge in [0.25, 0.3) is 0 Å². The highest BCUT2D eigenvalue weighted by Gasteiger charge is 2.44. The van der Waals surface area contributed by atoms with E-state index in [1.54, 1.807) is 0 Å². The van der Waals surface area contributed by atoms with E-state index in [-0.39, 0.29) is 16.3 Å². The fourth-order valence-corrected chi connectivity index (χ4v) is 2.57. The second kappa shape index (κ2) is 6.41. The number of halogens is 4. The number of rotatable bonds is 4. The lowest BCUT2D eigenvalue weighted by atomic mass is 10.1. The lowest BCUT2D eigenvalue weighted by Crippen LogP contribution is -2.34. The third kappa shape index (κ3) is 3.30. The Bertz CT molecular complexity index is 728. The Hall–Kier alpha value is -1.53. The number of alkyl halides is 3. The van der Waals surface area contributed by atoms with Crippen LogP contribution >= 0.6 is 11.6 Å². The molecule has 4 atom stereocenters. The molecule has 1 saturated heterocycles. The lowest BCUT2D eigenvalue weighted by molar-refractivity contribution is -0.184. The van der Waals surface area contributed by atoms with Gasteiger partial charge in [-0.2, -0.15) is 13.2 Å². The average Bonchev–Trinajstić information content (AvgIpc) is 3.03. The molecule has 1 aliphatic heterocycles. The molecule has 3 rings (SSSR count). The number of fused-ring (bicyclic) bond motifs is 1. The van der Waals surface area contributed by atoms with Crippen molar-refractivity contribution in [2.45, 2.75) is 30.7 Å². The highest BCUT2D eigenvalue weighted by molar-refractivity contribution is 6.33. The van der Waals surface area contributed by atoms with Crippen molar-refractivity contribution in [3.63, 3.8) is 0 Å². The molecule has 1 aliphatic rings. The molecule has 12 heteroatoms. The summed E-state index contributed by atoms with van der Waals surface area (Å²) >= 11 is 5.88. The van der Waals surface area contributed by atoms with Gasteiger partial charge in [-0.05, 0) is 0 Å². The van der Waals surface area contributed by atoms with E-state index in [0.717, 1.165) is 0 Å². The first kappa shape index (κ1) is 17.3. The fourth-order valence-electron chi connectivity index (χ4n) is 2.40. The maximum atomic E-state index is 12.1. The van der Waals surface area contributed by atoms with Gasteiger partial charge in [-0.25, -0.2) is 15.0 Å². The minimum absolute atomic E-state index is 0.0943. The number of hydrogen-bond acceptors (Lipinski definition) is 7. The van der Waals surface area contributed by atoms with Gasteiger partial charge in [-0.15, -0.1) is 0 Å². The average molecular weight is 369 g/mol. The first-order valence-corrected chi connectivity index (χ1v) is 7.15. The largest absolute Gasteiger partial charge is 0.411 e. The Balaban J connectivity index is 1.76. The topological polar surface area (TPSA) is 103 Å². The minimum Gasteiger partial charge on any atom is -0.387 e. The summed E-state index contributed by atoms with van der Waals surface area (Å²) in [6.45, 7) is -2.01. The number of aromatic nitrogens is 4. The van der Waals surface area contributed by atoms with Crippen molar-refractivity contribution in [1.29, 1.82) is 0 Å². The molecule has 2 aromatic rings. The second-order valence-electron chi connectivity index (χ2n) is 5.17. The first-order chi connectivity index (χ1) is 11.3. The quantitative estimate of drug-likeness (QED) is 0.765. The predicted molar refractivity (Wildman–Crippen MR) is 73.1 cm³/mol. The number of aliphatic hydroxyl groups excluding tert-OH is 2. The molecule has 1 unspecified atom stereocenters. The second-order valence-corrected chi connectivity index (χ2v) is 5.52. The van der Waals surface area contributed by atoms with Crippen molar-refractivity contribution in [3.05, 3.63) is 17.8 Å². The van der Waals surface area contributed by atoms with E-state index in [2.05, 4.69) is 19.7 Å². The van der Waals surface area contributed by atoms with Gasteiger partial charge < -0.3 is 19.7 Å². The zero-order chi connectivity index (χ0) is 17.5. The van der Waals surface area contributed by atoms with Crippen molar-refractivity contribution < 1.29 is 32.9 Å². The smallest absolute Gasteiger partial charge is 0.387 e. The summed E-state index contributed by atoms with van der Waals surface area (Å²) in [7, 11) is 0. The SMILES string of the molecule is O[C@@H]1[C@H](O)C(COCC(F)(F)F)O[C@H]1n1cnc2c(Cl)ncnc21. The zero-order valence-corrected chi connectivity index (χ0v) is 12.6. The molecular formula is C12H12ClF3N4O4. The van der Waals surface area contributed by atoms with E-state index < -0.39 is 43.9 Å². The van der Waals surface area contributed by atoms with Gasteiger partial charge in [0, 0.05) is 0 Å². The standard InChI is InChI=1S/C12H12ClF3N4O4/c13-9-6-10(18-3-17-9)20(4-19-6)11-8(22)7(21)5(24-11)1-23-2-12(14,15)16/h3-5,7-8,11,21-22H,1-2H2/t5?,7-,8-,11-/m1/s1. The number of hydrogen-bond donors (Lipinski definition) is 2. The van der Waals surface area contributed by atoms with Crippen LogP contribution in [0.25, 0.3) is 11.2 Å². The molecule has 0 spiro atoms. The highest BCUT2D eigenvalue weighted by Crippen LogP contribution is 2.32. The van der Waals surface area contributed by atoms with Crippen LogP contribution in [0.4, 0.5) is 13.2 Å². The normalized spacial score (nSPS) is 27.9. The molecule has 132 valence electrons. The van der Waals surface area contributed by atoms with E-state index in [9.17, 15) is 23.4 Å². The number of nitrogens with zero attached hydrogens (tertiary/aromatic N) is 4. The summed E-state index contributed by atoms with van der Waals surface area (Å²) in [5.41, 5.74) is 0.518. The van der Waals surface area contributed by atoms with Crippen LogP contribution in [0.3, 0.4) is 0 Å². The maximum absolute atomic E-state index is 12.1. The van der Waals surface area contributed by atoms with Gasteiger partial charge >= 0.3 is 6.18 Å². The summed E-state index contributed by atoms with van der Waals surface area (Å²) < 4.78 is 47.5. The van der Waals surface area contributed by atoms with Crippen LogP contribution in [-0.2, 0) is 9.47 Å². The van der Waals surface area contributed by atoms with E-state index in [1.165, 1.54) is 17.2 Å². The van der Waals surface area contributed by atoms with E-state index in [4.69, 9.17) is 16.3 Å². The Kier molecular flexibility index (Phi) is 4.62. The Morgan fingerprint density at radius 1 is 1.25 bits per heavy atom. The minimum atomic E-state index is -4.49. The molecule has 3 heterocycles. The molecule has 24 heavy (non-hydrogen) atoms. The summed E-state index contributed by atoms with van der Waals surface area (Å²) in [6, 6.07) is 0. The van der Waals surface area contributed by atoms with Gasteiger partial charge in [0.05, 0.1) is 12.9 Å². The molecule has 8 nitrogen and oxygen atoms in total. The molecule has 0 aliphatic carbocycles. The Labute approximate surface area is 137 Å². The summed E-state index contributed by atoms with van der Waals surface area (Å²) in [4.78, 5) is 11.7. The van der Waals surface area contributed by atoms with E-state index in [1.807, 2.05) is 0 Å². The van der Waals surface area contributed by atoms with Crippen LogP contribution in [0.1, 0.15) is 6.23 Å². The zero-order valence-electron chi connectivity index (χ0n) is 11.9. The third-order valence-corrected chi connectivity index (χ3v) is 3.75. The van der Waals surface area contributed by atoms with Crippen molar-refractivity contribution in [1.82, 2.24) is 19.5 Å². The van der Waals surface area contributed by atoms with Gasteiger partial charge in [0.1, 0.15) is 36.8 Å². The predicted octanol–water partition coefficient (Wildman–Crippen LogP) is 0.678. The van der Waals surface area contributed by atoms with Crippen LogP contribution in [-0.4, -0.2) is 67.4 Å². The van der Waals surface area contributed by atoms with Gasteiger partial charge in [-0.1, -0.05) is 11.6 Å². The van der Waals surface area contributed by atoms with Crippen LogP contribution in [0.15, 0.2) is 12.7 Å². The maximum Gasteiger partial charge on any atom is 0.411 e. The van der Waals surface area contributed by atoms with E-state index >= 15 is 0 Å². The van der Waals surface area contributed by atoms with Gasteiger partial charge in [-0.3, -0.25) is 4.57 Å². The molecule has 0 bridgehead atoms.